The van der Waals surface area contributed by atoms with Crippen LogP contribution in [0.1, 0.15) is 69.0 Å². The van der Waals surface area contributed by atoms with Crippen LogP contribution in [0.25, 0.3) is 11.5 Å². The monoisotopic (exact) mass is 618 g/mol. The van der Waals surface area contributed by atoms with Crippen molar-refractivity contribution in [1.82, 2.24) is 24.4 Å². The number of aliphatic carboxylic acids is 1. The molecular weight excluding hydrogens is 579 g/mol. The summed E-state index contributed by atoms with van der Waals surface area (Å²) >= 11 is 0. The molecule has 1 saturated heterocycles. The number of carbonyl (C=O) groups is 1. The molecule has 6 bridgehead atoms. The molecule has 0 amide bonds. The Morgan fingerprint density at radius 2 is 1.91 bits per heavy atom. The zero-order valence-corrected chi connectivity index (χ0v) is 26.3. The van der Waals surface area contributed by atoms with Gasteiger partial charge in [-0.15, -0.1) is 5.10 Å². The van der Waals surface area contributed by atoms with Gasteiger partial charge < -0.3 is 24.2 Å². The fraction of sp³-hybridized carbons (Fsp3) is 0.455. The SMILES string of the molecule is Cc1nc2cc3nn2c(c1C(OC(C)(C)C)C(=O)O)N1CCC(C)(CC1)OCC=CCOc1ccc(F)cc1Cc1cnn-3c1. The predicted octanol–water partition coefficient (Wildman–Crippen LogP) is 5.22. The average molecular weight is 619 g/mol. The Morgan fingerprint density at radius 3 is 2.64 bits per heavy atom. The van der Waals surface area contributed by atoms with Crippen molar-refractivity contribution in [3.63, 3.8) is 0 Å². The van der Waals surface area contributed by atoms with Crippen molar-refractivity contribution >= 4 is 17.4 Å². The van der Waals surface area contributed by atoms with Crippen LogP contribution in [0.3, 0.4) is 0 Å². The number of piperidine rings is 1. The van der Waals surface area contributed by atoms with E-state index in [1.165, 1.54) is 12.1 Å². The van der Waals surface area contributed by atoms with Gasteiger partial charge in [-0.05, 0) is 77.3 Å². The number of benzene rings is 1. The molecule has 6 heterocycles. The topological polar surface area (TPSA) is 116 Å². The number of halogens is 1. The summed E-state index contributed by atoms with van der Waals surface area (Å²) in [6.07, 6.45) is 7.96. The van der Waals surface area contributed by atoms with E-state index in [1.807, 2.05) is 52.1 Å². The molecule has 3 aromatic heterocycles. The van der Waals surface area contributed by atoms with Crippen LogP contribution in [0.15, 0.2) is 48.8 Å². The second kappa shape index (κ2) is 11.9. The lowest BCUT2D eigenvalue weighted by Gasteiger charge is -2.41. The van der Waals surface area contributed by atoms with Gasteiger partial charge >= 0.3 is 5.97 Å². The molecule has 1 fully saturated rings. The Morgan fingerprint density at radius 1 is 1.16 bits per heavy atom. The Bertz CT molecular complexity index is 1750. The summed E-state index contributed by atoms with van der Waals surface area (Å²) in [6.45, 7) is 11.4. The van der Waals surface area contributed by atoms with Crippen LogP contribution in [-0.4, -0.2) is 73.0 Å². The quantitative estimate of drug-likeness (QED) is 0.309. The normalized spacial score (nSPS) is 17.7. The number of anilines is 1. The van der Waals surface area contributed by atoms with Crippen LogP contribution in [-0.2, 0) is 20.7 Å². The highest BCUT2D eigenvalue weighted by atomic mass is 19.1. The molecular formula is C33H39FN6O5. The van der Waals surface area contributed by atoms with E-state index in [2.05, 4.69) is 16.9 Å². The molecule has 4 aromatic rings. The molecule has 3 aliphatic rings. The van der Waals surface area contributed by atoms with Crippen LogP contribution in [0, 0.1) is 12.7 Å². The molecule has 1 aromatic carbocycles. The van der Waals surface area contributed by atoms with Crippen LogP contribution >= 0.6 is 0 Å². The van der Waals surface area contributed by atoms with Gasteiger partial charge in [-0.25, -0.2) is 18.9 Å². The van der Waals surface area contributed by atoms with E-state index in [1.54, 1.807) is 21.5 Å². The van der Waals surface area contributed by atoms with Gasteiger partial charge in [0.1, 0.15) is 24.0 Å². The van der Waals surface area contributed by atoms with E-state index < -0.39 is 17.7 Å². The van der Waals surface area contributed by atoms with Crippen molar-refractivity contribution < 1.29 is 28.5 Å². The fourth-order valence-electron chi connectivity index (χ4n) is 5.89. The van der Waals surface area contributed by atoms with Crippen molar-refractivity contribution in [2.24, 2.45) is 0 Å². The second-order valence-electron chi connectivity index (χ2n) is 12.9. The van der Waals surface area contributed by atoms with Gasteiger partial charge in [0, 0.05) is 43.0 Å². The van der Waals surface area contributed by atoms with Gasteiger partial charge in [-0.1, -0.05) is 6.08 Å². The summed E-state index contributed by atoms with van der Waals surface area (Å²) in [5.41, 5.74) is 2.01. The van der Waals surface area contributed by atoms with Gasteiger partial charge in [0.2, 0.25) is 0 Å². The minimum absolute atomic E-state index is 0.323. The second-order valence-corrected chi connectivity index (χ2v) is 12.9. The highest BCUT2D eigenvalue weighted by Gasteiger charge is 2.37. The van der Waals surface area contributed by atoms with E-state index in [0.29, 0.717) is 85.4 Å². The minimum atomic E-state index is -1.26. The molecule has 11 nitrogen and oxygen atoms in total. The third kappa shape index (κ3) is 6.57. The number of hydrogen-bond acceptors (Lipinski definition) is 8. The summed E-state index contributed by atoms with van der Waals surface area (Å²) < 4.78 is 36.0. The molecule has 3 aliphatic heterocycles. The summed E-state index contributed by atoms with van der Waals surface area (Å²) in [7, 11) is 0. The van der Waals surface area contributed by atoms with E-state index in [0.717, 1.165) is 5.56 Å². The highest BCUT2D eigenvalue weighted by molar-refractivity contribution is 5.78. The maximum Gasteiger partial charge on any atom is 0.337 e. The van der Waals surface area contributed by atoms with Gasteiger partial charge in [-0.3, -0.25) is 0 Å². The van der Waals surface area contributed by atoms with Gasteiger partial charge in [0.15, 0.2) is 17.6 Å². The average Bonchev–Trinajstić information content (AvgIpc) is 3.61. The number of ether oxygens (including phenoxy) is 3. The summed E-state index contributed by atoms with van der Waals surface area (Å²) in [5.74, 6) is 0.292. The zero-order chi connectivity index (χ0) is 31.9. The molecule has 1 atom stereocenters. The Hall–Kier alpha value is -4.29. The van der Waals surface area contributed by atoms with Crippen LogP contribution in [0.4, 0.5) is 10.2 Å². The first kappa shape index (κ1) is 30.7. The van der Waals surface area contributed by atoms with Crippen LogP contribution < -0.4 is 9.64 Å². The third-order valence-electron chi connectivity index (χ3n) is 8.19. The Kier molecular flexibility index (Phi) is 8.13. The molecule has 0 radical (unpaired) electrons. The Balaban J connectivity index is 1.49. The zero-order valence-electron chi connectivity index (χ0n) is 26.3. The molecule has 1 N–H and O–H groups in total. The lowest BCUT2D eigenvalue weighted by molar-refractivity contribution is -0.160. The number of aromatic nitrogens is 5. The third-order valence-corrected chi connectivity index (χ3v) is 8.19. The predicted molar refractivity (Wildman–Crippen MR) is 166 cm³/mol. The van der Waals surface area contributed by atoms with Crippen molar-refractivity contribution in [2.45, 2.75) is 71.2 Å². The van der Waals surface area contributed by atoms with Crippen molar-refractivity contribution in [3.05, 3.63) is 77.0 Å². The molecule has 0 saturated carbocycles. The molecule has 45 heavy (non-hydrogen) atoms. The molecule has 0 aliphatic carbocycles. The first-order valence-electron chi connectivity index (χ1n) is 15.2. The number of aryl methyl sites for hydroxylation is 1. The maximum absolute atomic E-state index is 14.2. The summed E-state index contributed by atoms with van der Waals surface area (Å²) in [6, 6.07) is 6.32. The first-order chi connectivity index (χ1) is 21.4. The van der Waals surface area contributed by atoms with E-state index in [9.17, 15) is 14.3 Å². The van der Waals surface area contributed by atoms with Crippen LogP contribution in [0.2, 0.25) is 0 Å². The highest BCUT2D eigenvalue weighted by Crippen LogP contribution is 2.38. The maximum atomic E-state index is 14.2. The van der Waals surface area contributed by atoms with Gasteiger partial charge in [0.25, 0.3) is 0 Å². The van der Waals surface area contributed by atoms with E-state index in [4.69, 9.17) is 24.3 Å². The number of nitrogens with zero attached hydrogens (tertiary/aromatic N) is 6. The molecule has 238 valence electrons. The summed E-state index contributed by atoms with van der Waals surface area (Å²) in [4.78, 5) is 19.7. The minimum Gasteiger partial charge on any atom is -0.489 e. The van der Waals surface area contributed by atoms with E-state index >= 15 is 0 Å². The fourth-order valence-corrected chi connectivity index (χ4v) is 5.89. The van der Waals surface area contributed by atoms with Crippen molar-refractivity contribution in [2.75, 3.05) is 31.2 Å². The largest absolute Gasteiger partial charge is 0.489 e. The van der Waals surface area contributed by atoms with Gasteiger partial charge in [0.05, 0.1) is 29.6 Å². The molecule has 0 spiro atoms. The first-order valence-corrected chi connectivity index (χ1v) is 15.2. The number of hydrogen-bond donors (Lipinski definition) is 1. The standard InChI is InChI=1S/C33H39FN6O5/c1-21-28(29(31(41)42)45-32(2,3)4)30-38-12-10-33(5,11-13-38)44-15-7-6-14-43-25-9-8-24(34)17-23(25)16-22-19-35-39(20-22)27-18-26(36-21)40(30)37-27/h6-9,17-20,29H,10-16H2,1-5H3,(H,41,42). The number of fused-ring (bicyclic) bond motifs is 6. The van der Waals surface area contributed by atoms with Crippen molar-refractivity contribution in [1.29, 1.82) is 0 Å². The molecule has 7 rings (SSSR count). The Labute approximate surface area is 261 Å². The number of rotatable bonds is 3. The number of carboxylic acid groups (broad SMARTS) is 1. The lowest BCUT2D eigenvalue weighted by atomic mass is 9.92. The van der Waals surface area contributed by atoms with Crippen molar-refractivity contribution in [3.8, 4) is 11.6 Å². The van der Waals surface area contributed by atoms with Gasteiger partial charge in [-0.2, -0.15) is 9.61 Å². The lowest BCUT2D eigenvalue weighted by Crippen LogP contribution is -2.45. The van der Waals surface area contributed by atoms with Crippen LogP contribution in [0.5, 0.6) is 5.75 Å². The summed E-state index contributed by atoms with van der Waals surface area (Å²) in [5, 5.41) is 19.8. The molecule has 1 unspecified atom stereocenters. The number of carboxylic acids is 1. The molecule has 12 heteroatoms. The van der Waals surface area contributed by atoms with E-state index in [-0.39, 0.29) is 11.4 Å². The smallest absolute Gasteiger partial charge is 0.337 e.